The van der Waals surface area contributed by atoms with Crippen LogP contribution in [0.15, 0.2) is 0 Å². The maximum atomic E-state index is 10.3. The molecule has 0 fully saturated rings. The molecule has 0 aromatic carbocycles. The van der Waals surface area contributed by atoms with E-state index in [9.17, 15) is 8.42 Å². The van der Waals surface area contributed by atoms with Gasteiger partial charge < -0.3 is 14.2 Å². The summed E-state index contributed by atoms with van der Waals surface area (Å²) in [5.41, 5.74) is 0. The van der Waals surface area contributed by atoms with E-state index in [0.29, 0.717) is 26.4 Å². The average molecular weight is 483 g/mol. The predicted octanol–water partition coefficient (Wildman–Crippen LogP) is 6.12. The van der Waals surface area contributed by atoms with Crippen LogP contribution in [0.2, 0.25) is 0 Å². The van der Waals surface area contributed by atoms with E-state index in [0.717, 1.165) is 13.0 Å². The van der Waals surface area contributed by atoms with Gasteiger partial charge in [0.2, 0.25) is 0 Å². The fourth-order valence-corrected chi connectivity index (χ4v) is 3.77. The lowest BCUT2D eigenvalue weighted by Gasteiger charge is -2.07. The van der Waals surface area contributed by atoms with E-state index in [4.69, 9.17) is 18.8 Å². The van der Waals surface area contributed by atoms with E-state index < -0.39 is 10.4 Å². The predicted molar refractivity (Wildman–Crippen MR) is 130 cm³/mol. The highest BCUT2D eigenvalue weighted by Gasteiger charge is 2.02. The van der Waals surface area contributed by atoms with E-state index in [1.807, 2.05) is 0 Å². The second-order valence-corrected chi connectivity index (χ2v) is 9.48. The van der Waals surface area contributed by atoms with Crippen molar-refractivity contribution >= 4 is 10.4 Å². The van der Waals surface area contributed by atoms with Gasteiger partial charge in [0.05, 0.1) is 39.6 Å². The minimum absolute atomic E-state index is 0.0822. The van der Waals surface area contributed by atoms with Gasteiger partial charge in [-0.3, -0.25) is 4.55 Å². The molecule has 0 unspecified atom stereocenters. The minimum atomic E-state index is -4.38. The molecule has 194 valence electrons. The summed E-state index contributed by atoms with van der Waals surface area (Å²) in [4.78, 5) is 0. The largest absolute Gasteiger partial charge is 0.397 e. The molecule has 0 rings (SSSR count). The van der Waals surface area contributed by atoms with E-state index in [-0.39, 0.29) is 13.2 Å². The van der Waals surface area contributed by atoms with E-state index in [1.54, 1.807) is 0 Å². The van der Waals surface area contributed by atoms with Crippen LogP contribution in [0.5, 0.6) is 0 Å². The van der Waals surface area contributed by atoms with Gasteiger partial charge in [-0.2, -0.15) is 8.42 Å². The molecule has 0 saturated carbocycles. The van der Waals surface area contributed by atoms with Gasteiger partial charge in [0, 0.05) is 6.61 Å². The molecular formula is C24H50O7S. The summed E-state index contributed by atoms with van der Waals surface area (Å²) in [5, 5.41) is 0. The van der Waals surface area contributed by atoms with E-state index >= 15 is 0 Å². The molecule has 32 heavy (non-hydrogen) atoms. The van der Waals surface area contributed by atoms with Crippen LogP contribution < -0.4 is 0 Å². The molecule has 7 nitrogen and oxygen atoms in total. The van der Waals surface area contributed by atoms with Crippen molar-refractivity contribution in [3.05, 3.63) is 0 Å². The Kier molecular flexibility index (Phi) is 25.2. The molecule has 0 heterocycles. The number of unbranched alkanes of at least 4 members (excludes halogenated alkanes) is 15. The molecular weight excluding hydrogens is 432 g/mol. The second kappa shape index (κ2) is 25.4. The first kappa shape index (κ1) is 31.8. The third-order valence-corrected chi connectivity index (χ3v) is 5.81. The van der Waals surface area contributed by atoms with Crippen LogP contribution in [0.4, 0.5) is 0 Å². The number of ether oxygens (including phenoxy) is 3. The van der Waals surface area contributed by atoms with Crippen molar-refractivity contribution in [1.82, 2.24) is 0 Å². The van der Waals surface area contributed by atoms with Crippen molar-refractivity contribution in [1.29, 1.82) is 0 Å². The Hall–Kier alpha value is -0.250. The summed E-state index contributed by atoms with van der Waals surface area (Å²) in [5.74, 6) is 0. The smallest absolute Gasteiger partial charge is 0.379 e. The molecule has 0 aromatic heterocycles. The van der Waals surface area contributed by atoms with Gasteiger partial charge >= 0.3 is 10.4 Å². The van der Waals surface area contributed by atoms with Crippen molar-refractivity contribution in [2.24, 2.45) is 0 Å². The summed E-state index contributed by atoms with van der Waals surface area (Å²) < 4.78 is 49.1. The Bertz CT molecular complexity index is 457. The Morgan fingerprint density at radius 3 is 1.16 bits per heavy atom. The summed E-state index contributed by atoms with van der Waals surface area (Å²) in [7, 11) is -4.38. The monoisotopic (exact) mass is 482 g/mol. The molecule has 0 aromatic rings. The molecule has 0 spiro atoms. The molecule has 0 aliphatic rings. The van der Waals surface area contributed by atoms with Gasteiger partial charge in [-0.05, 0) is 6.42 Å². The summed E-state index contributed by atoms with van der Waals surface area (Å²) in [6.07, 6.45) is 21.9. The summed E-state index contributed by atoms with van der Waals surface area (Å²) in [6, 6.07) is 0. The van der Waals surface area contributed by atoms with Crippen LogP contribution in [0, 0.1) is 0 Å². The molecule has 0 radical (unpaired) electrons. The van der Waals surface area contributed by atoms with Gasteiger partial charge in [0.15, 0.2) is 0 Å². The lowest BCUT2D eigenvalue weighted by atomic mass is 10.0. The van der Waals surface area contributed by atoms with Crippen molar-refractivity contribution in [3.8, 4) is 0 Å². The normalized spacial score (nSPS) is 11.9. The van der Waals surface area contributed by atoms with Crippen LogP contribution in [-0.2, 0) is 28.8 Å². The zero-order valence-electron chi connectivity index (χ0n) is 20.6. The van der Waals surface area contributed by atoms with Crippen LogP contribution in [0.1, 0.15) is 110 Å². The van der Waals surface area contributed by atoms with Gasteiger partial charge in [-0.1, -0.05) is 103 Å². The van der Waals surface area contributed by atoms with Gasteiger partial charge in [-0.25, -0.2) is 4.18 Å². The van der Waals surface area contributed by atoms with Crippen molar-refractivity contribution < 1.29 is 31.4 Å². The quantitative estimate of drug-likeness (QED) is 0.111. The highest BCUT2D eigenvalue weighted by molar-refractivity contribution is 7.80. The zero-order valence-corrected chi connectivity index (χ0v) is 21.4. The maximum absolute atomic E-state index is 10.3. The molecule has 0 atom stereocenters. The molecule has 0 saturated heterocycles. The standard InChI is InChI=1S/C24H50O7S/c1-2-3-4-5-6-7-8-9-10-11-12-13-14-15-16-17-18-28-19-20-29-21-22-30-23-24-31-32(25,26)27/h2-24H2,1H3,(H,25,26,27). The van der Waals surface area contributed by atoms with Crippen LogP contribution in [-0.4, -0.2) is 59.2 Å². The third-order valence-electron chi connectivity index (χ3n) is 5.35. The first-order valence-electron chi connectivity index (χ1n) is 12.9. The average Bonchev–Trinajstić information content (AvgIpc) is 2.75. The molecule has 0 aliphatic heterocycles. The SMILES string of the molecule is CCCCCCCCCCCCCCCCCCOCCOCCOCCOS(=O)(=O)O. The minimum Gasteiger partial charge on any atom is -0.379 e. The van der Waals surface area contributed by atoms with Crippen molar-refractivity contribution in [2.75, 3.05) is 46.2 Å². The molecule has 0 aliphatic carbocycles. The number of hydrogen-bond donors (Lipinski definition) is 1. The van der Waals surface area contributed by atoms with Crippen molar-refractivity contribution in [3.63, 3.8) is 0 Å². The highest BCUT2D eigenvalue weighted by Crippen LogP contribution is 2.13. The molecule has 8 heteroatoms. The molecule has 0 amide bonds. The lowest BCUT2D eigenvalue weighted by molar-refractivity contribution is 0.00854. The van der Waals surface area contributed by atoms with Crippen molar-refractivity contribution in [2.45, 2.75) is 110 Å². The zero-order chi connectivity index (χ0) is 23.6. The Labute approximate surface area is 197 Å². The van der Waals surface area contributed by atoms with Gasteiger partial charge in [-0.15, -0.1) is 0 Å². The first-order valence-corrected chi connectivity index (χ1v) is 14.3. The lowest BCUT2D eigenvalue weighted by Crippen LogP contribution is -2.13. The molecule has 0 bridgehead atoms. The fraction of sp³-hybridized carbons (Fsp3) is 1.00. The Morgan fingerprint density at radius 1 is 0.469 bits per heavy atom. The van der Waals surface area contributed by atoms with Gasteiger partial charge in [0.25, 0.3) is 0 Å². The van der Waals surface area contributed by atoms with Crippen LogP contribution in [0.3, 0.4) is 0 Å². The summed E-state index contributed by atoms with van der Waals surface area (Å²) >= 11 is 0. The Balaban J connectivity index is 3.04. The molecule has 1 N–H and O–H groups in total. The van der Waals surface area contributed by atoms with E-state index in [2.05, 4.69) is 11.1 Å². The first-order chi connectivity index (χ1) is 15.6. The highest BCUT2D eigenvalue weighted by atomic mass is 32.3. The Morgan fingerprint density at radius 2 is 0.781 bits per heavy atom. The fourth-order valence-electron chi connectivity index (χ4n) is 3.49. The second-order valence-electron chi connectivity index (χ2n) is 8.39. The summed E-state index contributed by atoms with van der Waals surface area (Å²) in [6.45, 7) is 4.78. The van der Waals surface area contributed by atoms with E-state index in [1.165, 1.54) is 96.3 Å². The topological polar surface area (TPSA) is 91.3 Å². The third kappa shape index (κ3) is 29.8. The van der Waals surface area contributed by atoms with Crippen LogP contribution >= 0.6 is 0 Å². The number of hydrogen-bond acceptors (Lipinski definition) is 6. The maximum Gasteiger partial charge on any atom is 0.397 e. The van der Waals surface area contributed by atoms with Crippen LogP contribution in [0.25, 0.3) is 0 Å². The van der Waals surface area contributed by atoms with Gasteiger partial charge in [0.1, 0.15) is 0 Å². The number of rotatable bonds is 27.